The van der Waals surface area contributed by atoms with Gasteiger partial charge in [0.2, 0.25) is 0 Å². The zero-order valence-corrected chi connectivity index (χ0v) is 26.6. The van der Waals surface area contributed by atoms with Gasteiger partial charge in [-0.1, -0.05) is 106 Å². The highest BCUT2D eigenvalue weighted by Crippen LogP contribution is 2.52. The summed E-state index contributed by atoms with van der Waals surface area (Å²) in [4.78, 5) is 5.10. The van der Waals surface area contributed by atoms with Crippen LogP contribution in [0.1, 0.15) is 63.1 Å². The van der Waals surface area contributed by atoms with Crippen molar-refractivity contribution < 1.29 is 0 Å². The van der Waals surface area contributed by atoms with E-state index in [1.807, 2.05) is 0 Å². The van der Waals surface area contributed by atoms with Crippen LogP contribution in [0.5, 0.6) is 0 Å². The third-order valence-corrected chi connectivity index (χ3v) is 9.91. The molecule has 0 amide bonds. The van der Waals surface area contributed by atoms with Crippen LogP contribution in [0.25, 0.3) is 5.57 Å². The highest BCUT2D eigenvalue weighted by Gasteiger charge is 2.41. The monoisotopic (exact) mass is 576 g/mol. The van der Waals surface area contributed by atoms with Crippen LogP contribution in [0.15, 0.2) is 144 Å². The zero-order chi connectivity index (χ0) is 30.3. The molecule has 2 heteroatoms. The van der Waals surface area contributed by atoms with Crippen molar-refractivity contribution in [2.75, 3.05) is 4.90 Å². The number of fused-ring (bicyclic) bond motifs is 2. The number of hydrogen-bond acceptors (Lipinski definition) is 2. The van der Waals surface area contributed by atoms with Crippen LogP contribution in [0.4, 0.5) is 11.4 Å². The number of nitrogens with zero attached hydrogens (tertiary/aromatic N) is 2. The molecule has 5 aliphatic rings. The van der Waals surface area contributed by atoms with Crippen LogP contribution in [-0.4, -0.2) is 17.0 Å². The first-order valence-corrected chi connectivity index (χ1v) is 16.4. The van der Waals surface area contributed by atoms with Gasteiger partial charge in [-0.2, -0.15) is 0 Å². The summed E-state index contributed by atoms with van der Waals surface area (Å²) in [5, 5.41) is 0. The Morgan fingerprint density at radius 1 is 0.750 bits per heavy atom. The van der Waals surface area contributed by atoms with E-state index in [0.717, 1.165) is 25.7 Å². The summed E-state index contributed by atoms with van der Waals surface area (Å²) in [6.45, 7) is 9.31. The molecule has 222 valence electrons. The Morgan fingerprint density at radius 3 is 2.43 bits per heavy atom. The summed E-state index contributed by atoms with van der Waals surface area (Å²) in [5.74, 6) is 0.439. The SMILES string of the molecule is Cc1cccc(N(c2ccc3c(c2)C(C)(C)C2=C3C=CC(N(C3=CC=CC(C)C=C3)C3=CCCC=C3)C2)C2C=CC=CC2)c1. The molecule has 2 aromatic carbocycles. The highest BCUT2D eigenvalue weighted by molar-refractivity contribution is 5.88. The predicted octanol–water partition coefficient (Wildman–Crippen LogP) is 10.6. The Hall–Kier alpha value is -4.30. The van der Waals surface area contributed by atoms with Gasteiger partial charge in [0.15, 0.2) is 0 Å². The molecule has 3 unspecified atom stereocenters. The molecule has 5 aliphatic carbocycles. The first-order chi connectivity index (χ1) is 21.4. The Morgan fingerprint density at radius 2 is 1.64 bits per heavy atom. The second kappa shape index (κ2) is 11.7. The van der Waals surface area contributed by atoms with Gasteiger partial charge in [0.25, 0.3) is 0 Å². The van der Waals surface area contributed by atoms with Gasteiger partial charge in [0.1, 0.15) is 0 Å². The van der Waals surface area contributed by atoms with Gasteiger partial charge in [-0.25, -0.2) is 0 Å². The minimum absolute atomic E-state index is 0.0607. The third kappa shape index (κ3) is 5.21. The fraction of sp³-hybridized carbons (Fsp3) is 0.286. The fourth-order valence-electron chi connectivity index (χ4n) is 7.55. The van der Waals surface area contributed by atoms with Crippen molar-refractivity contribution in [3.05, 3.63) is 161 Å². The average Bonchev–Trinajstić information content (AvgIpc) is 3.13. The van der Waals surface area contributed by atoms with Crippen molar-refractivity contribution in [1.29, 1.82) is 0 Å². The lowest BCUT2D eigenvalue weighted by Gasteiger charge is -2.38. The molecule has 0 heterocycles. The lowest BCUT2D eigenvalue weighted by atomic mass is 9.77. The van der Waals surface area contributed by atoms with Crippen molar-refractivity contribution in [2.24, 2.45) is 5.92 Å². The van der Waals surface area contributed by atoms with Crippen LogP contribution in [0, 0.1) is 12.8 Å². The first kappa shape index (κ1) is 28.5. The number of allylic oxidation sites excluding steroid dienone is 12. The van der Waals surface area contributed by atoms with E-state index in [4.69, 9.17) is 0 Å². The van der Waals surface area contributed by atoms with Gasteiger partial charge < -0.3 is 9.80 Å². The summed E-state index contributed by atoms with van der Waals surface area (Å²) >= 11 is 0. The molecule has 0 radical (unpaired) electrons. The normalized spacial score (nSPS) is 24.5. The highest BCUT2D eigenvalue weighted by atomic mass is 15.2. The lowest BCUT2D eigenvalue weighted by molar-refractivity contribution is 0.365. The van der Waals surface area contributed by atoms with E-state index in [1.54, 1.807) is 5.57 Å². The molecule has 0 fully saturated rings. The van der Waals surface area contributed by atoms with Crippen molar-refractivity contribution in [1.82, 2.24) is 4.90 Å². The van der Waals surface area contributed by atoms with E-state index < -0.39 is 0 Å². The number of benzene rings is 2. The molecule has 0 N–H and O–H groups in total. The smallest absolute Gasteiger partial charge is 0.0563 e. The number of rotatable bonds is 6. The molecule has 0 spiro atoms. The molecular weight excluding hydrogens is 532 g/mol. The van der Waals surface area contributed by atoms with Gasteiger partial charge in [0.05, 0.1) is 12.1 Å². The lowest BCUT2D eigenvalue weighted by Crippen LogP contribution is -2.35. The Bertz CT molecular complexity index is 1730. The minimum Gasteiger partial charge on any atom is -0.335 e. The third-order valence-electron chi connectivity index (χ3n) is 9.91. The molecule has 0 saturated carbocycles. The maximum atomic E-state index is 2.57. The number of anilines is 2. The van der Waals surface area contributed by atoms with E-state index in [9.17, 15) is 0 Å². The molecule has 2 nitrogen and oxygen atoms in total. The topological polar surface area (TPSA) is 6.48 Å². The van der Waals surface area contributed by atoms with E-state index in [2.05, 4.69) is 165 Å². The van der Waals surface area contributed by atoms with Crippen LogP contribution in [-0.2, 0) is 5.41 Å². The van der Waals surface area contributed by atoms with Crippen LogP contribution in [0.3, 0.4) is 0 Å². The maximum Gasteiger partial charge on any atom is 0.0563 e. The van der Waals surface area contributed by atoms with E-state index >= 15 is 0 Å². The molecule has 0 bridgehead atoms. The fourth-order valence-corrected chi connectivity index (χ4v) is 7.55. The summed E-state index contributed by atoms with van der Waals surface area (Å²) in [5.41, 5.74) is 12.1. The van der Waals surface area contributed by atoms with Crippen molar-refractivity contribution in [3.8, 4) is 0 Å². The molecule has 44 heavy (non-hydrogen) atoms. The summed E-state index contributed by atoms with van der Waals surface area (Å²) in [6.07, 6.45) is 36.6. The van der Waals surface area contributed by atoms with Crippen LogP contribution < -0.4 is 4.90 Å². The summed E-state index contributed by atoms with van der Waals surface area (Å²) in [7, 11) is 0. The Labute approximate surface area is 264 Å². The molecule has 0 aromatic heterocycles. The predicted molar refractivity (Wildman–Crippen MR) is 188 cm³/mol. The molecule has 0 aliphatic heterocycles. The van der Waals surface area contributed by atoms with Gasteiger partial charge in [-0.15, -0.1) is 0 Å². The average molecular weight is 577 g/mol. The zero-order valence-electron chi connectivity index (χ0n) is 26.6. The van der Waals surface area contributed by atoms with Crippen molar-refractivity contribution in [3.63, 3.8) is 0 Å². The van der Waals surface area contributed by atoms with Gasteiger partial charge in [0, 0.05) is 28.2 Å². The molecule has 7 rings (SSSR count). The van der Waals surface area contributed by atoms with Crippen LogP contribution >= 0.6 is 0 Å². The van der Waals surface area contributed by atoms with E-state index in [0.29, 0.717) is 12.0 Å². The maximum absolute atomic E-state index is 2.57. The first-order valence-electron chi connectivity index (χ1n) is 16.4. The molecular formula is C42H44N2. The second-order valence-electron chi connectivity index (χ2n) is 13.4. The summed E-state index contributed by atoms with van der Waals surface area (Å²) < 4.78 is 0. The van der Waals surface area contributed by atoms with Gasteiger partial charge in [-0.3, -0.25) is 0 Å². The van der Waals surface area contributed by atoms with E-state index in [1.165, 1.54) is 45.0 Å². The van der Waals surface area contributed by atoms with Crippen molar-refractivity contribution in [2.45, 2.75) is 70.9 Å². The standard InChI is InChI=1S/C42H44N2/c1-30-13-11-19-34(22-21-30)43(32-15-7-5-8-16-32)36-23-25-38-39-26-24-37(29-41(39)42(3,4)40(38)28-36)44(33-17-9-6-10-18-33)35-20-12-14-31(2)27-35/h6-7,9-17,19-27,29-30,33,36H,5,8,18,28H2,1-4H3. The second-order valence-corrected chi connectivity index (χ2v) is 13.4. The van der Waals surface area contributed by atoms with Gasteiger partial charge in [-0.05, 0) is 109 Å². The van der Waals surface area contributed by atoms with Crippen molar-refractivity contribution >= 4 is 16.9 Å². The molecule has 0 saturated heterocycles. The molecule has 3 atom stereocenters. The van der Waals surface area contributed by atoms with E-state index in [-0.39, 0.29) is 11.5 Å². The quantitative estimate of drug-likeness (QED) is 0.337. The number of aryl methyl sites for hydroxylation is 1. The summed E-state index contributed by atoms with van der Waals surface area (Å²) in [6, 6.07) is 16.7. The Balaban J connectivity index is 1.24. The molecule has 2 aromatic rings. The number of hydrogen-bond donors (Lipinski definition) is 0. The van der Waals surface area contributed by atoms with Gasteiger partial charge >= 0.3 is 0 Å². The largest absolute Gasteiger partial charge is 0.335 e. The Kier molecular flexibility index (Phi) is 7.54. The minimum atomic E-state index is -0.0607. The van der Waals surface area contributed by atoms with Crippen LogP contribution in [0.2, 0.25) is 0 Å².